The van der Waals surface area contributed by atoms with Crippen LogP contribution in [0.3, 0.4) is 0 Å². The van der Waals surface area contributed by atoms with Crippen molar-refractivity contribution in [3.05, 3.63) is 70.3 Å². The standard InChI is InChI=1S/C22H23N3O4/c1-12-19(15(4)26)13(2)24-20(12)21(27)16(5)29-22(28)18-11-23-25(14(18)3)17-9-7-6-8-10-17/h6-11,16,24H,1-5H3. The van der Waals surface area contributed by atoms with Gasteiger partial charge < -0.3 is 9.72 Å². The molecular formula is C22H23N3O4. The van der Waals surface area contributed by atoms with Gasteiger partial charge in [0.2, 0.25) is 5.78 Å². The average Bonchev–Trinajstić information content (AvgIpc) is 3.21. The monoisotopic (exact) mass is 393 g/mol. The highest BCUT2D eigenvalue weighted by Gasteiger charge is 2.27. The lowest BCUT2D eigenvalue weighted by Gasteiger charge is -2.12. The Morgan fingerprint density at radius 3 is 2.34 bits per heavy atom. The van der Waals surface area contributed by atoms with E-state index in [0.717, 1.165) is 5.69 Å². The lowest BCUT2D eigenvalue weighted by Crippen LogP contribution is -2.25. The number of aryl methyl sites for hydroxylation is 1. The maximum absolute atomic E-state index is 12.8. The van der Waals surface area contributed by atoms with E-state index in [1.807, 2.05) is 30.3 Å². The molecule has 0 amide bonds. The highest BCUT2D eigenvalue weighted by molar-refractivity contribution is 6.05. The number of Topliss-reactive ketones (excluding diaryl/α,β-unsaturated/α-hetero) is 2. The summed E-state index contributed by atoms with van der Waals surface area (Å²) >= 11 is 0. The third kappa shape index (κ3) is 3.76. The smallest absolute Gasteiger partial charge is 0.342 e. The van der Waals surface area contributed by atoms with Crippen molar-refractivity contribution in [1.82, 2.24) is 14.8 Å². The second kappa shape index (κ2) is 7.87. The summed E-state index contributed by atoms with van der Waals surface area (Å²) in [6.45, 7) is 8.17. The van der Waals surface area contributed by atoms with Gasteiger partial charge in [0.05, 0.1) is 23.3 Å². The van der Waals surface area contributed by atoms with Gasteiger partial charge in [0.25, 0.3) is 0 Å². The minimum absolute atomic E-state index is 0.121. The molecule has 0 fully saturated rings. The molecule has 0 aliphatic carbocycles. The molecule has 0 aliphatic rings. The first-order chi connectivity index (χ1) is 13.7. The molecule has 0 saturated heterocycles. The first-order valence-electron chi connectivity index (χ1n) is 9.27. The van der Waals surface area contributed by atoms with Crippen LogP contribution in [0.15, 0.2) is 36.5 Å². The van der Waals surface area contributed by atoms with Gasteiger partial charge in [0.15, 0.2) is 11.9 Å². The van der Waals surface area contributed by atoms with Crippen molar-refractivity contribution in [1.29, 1.82) is 0 Å². The number of hydrogen-bond acceptors (Lipinski definition) is 5. The number of para-hydroxylation sites is 1. The van der Waals surface area contributed by atoms with Gasteiger partial charge in [-0.05, 0) is 52.3 Å². The van der Waals surface area contributed by atoms with Gasteiger partial charge in [-0.15, -0.1) is 0 Å². The molecule has 2 aromatic heterocycles. The number of esters is 1. The van der Waals surface area contributed by atoms with E-state index in [1.54, 1.807) is 25.5 Å². The van der Waals surface area contributed by atoms with Crippen LogP contribution in [-0.4, -0.2) is 38.4 Å². The molecule has 0 spiro atoms. The predicted molar refractivity (Wildman–Crippen MR) is 108 cm³/mol. The molecule has 2 heterocycles. The molecule has 0 bridgehead atoms. The maximum atomic E-state index is 12.8. The Morgan fingerprint density at radius 2 is 1.76 bits per heavy atom. The van der Waals surface area contributed by atoms with Crippen molar-refractivity contribution < 1.29 is 19.1 Å². The van der Waals surface area contributed by atoms with Crippen LogP contribution in [0.25, 0.3) is 5.69 Å². The summed E-state index contributed by atoms with van der Waals surface area (Å²) in [7, 11) is 0. The maximum Gasteiger partial charge on any atom is 0.342 e. The average molecular weight is 393 g/mol. The molecule has 1 N–H and O–H groups in total. The number of carbonyl (C=O) groups is 3. The van der Waals surface area contributed by atoms with E-state index in [1.165, 1.54) is 20.0 Å². The molecule has 1 atom stereocenters. The molecule has 0 saturated carbocycles. The third-order valence-corrected chi connectivity index (χ3v) is 4.92. The molecule has 29 heavy (non-hydrogen) atoms. The fourth-order valence-electron chi connectivity index (χ4n) is 3.44. The quantitative estimate of drug-likeness (QED) is 0.508. The topological polar surface area (TPSA) is 94.0 Å². The van der Waals surface area contributed by atoms with Crippen LogP contribution in [0.4, 0.5) is 0 Å². The molecule has 0 aliphatic heterocycles. The molecule has 150 valence electrons. The molecule has 7 nitrogen and oxygen atoms in total. The SMILES string of the molecule is CC(=O)c1c(C)[nH]c(C(=O)C(C)OC(=O)c2cnn(-c3ccccc3)c2C)c1C. The summed E-state index contributed by atoms with van der Waals surface area (Å²) in [5.41, 5.74) is 3.69. The number of ketones is 2. The van der Waals surface area contributed by atoms with Crippen LogP contribution in [-0.2, 0) is 4.74 Å². The second-order valence-corrected chi connectivity index (χ2v) is 6.98. The zero-order valence-electron chi connectivity index (χ0n) is 17.1. The minimum atomic E-state index is -1.02. The fraction of sp³-hybridized carbons (Fsp3) is 0.273. The fourth-order valence-corrected chi connectivity index (χ4v) is 3.44. The van der Waals surface area contributed by atoms with E-state index in [-0.39, 0.29) is 22.8 Å². The van der Waals surface area contributed by atoms with Gasteiger partial charge in [-0.3, -0.25) is 9.59 Å². The molecule has 3 aromatic rings. The van der Waals surface area contributed by atoms with Gasteiger partial charge in [-0.2, -0.15) is 5.10 Å². The second-order valence-electron chi connectivity index (χ2n) is 6.98. The Kier molecular flexibility index (Phi) is 5.50. The van der Waals surface area contributed by atoms with Gasteiger partial charge in [0.1, 0.15) is 5.56 Å². The molecule has 7 heteroatoms. The van der Waals surface area contributed by atoms with E-state index >= 15 is 0 Å². The number of carbonyl (C=O) groups excluding carboxylic acids is 3. The van der Waals surface area contributed by atoms with E-state index < -0.39 is 12.1 Å². The summed E-state index contributed by atoms with van der Waals surface area (Å²) < 4.78 is 7.04. The highest BCUT2D eigenvalue weighted by Crippen LogP contribution is 2.21. The Morgan fingerprint density at radius 1 is 1.10 bits per heavy atom. The van der Waals surface area contributed by atoms with Crippen molar-refractivity contribution in [2.24, 2.45) is 0 Å². The lowest BCUT2D eigenvalue weighted by atomic mass is 10.0. The van der Waals surface area contributed by atoms with Gasteiger partial charge in [-0.1, -0.05) is 18.2 Å². The summed E-state index contributed by atoms with van der Waals surface area (Å²) in [6, 6.07) is 9.41. The van der Waals surface area contributed by atoms with Crippen LogP contribution in [0, 0.1) is 20.8 Å². The normalized spacial score (nSPS) is 11.9. The van der Waals surface area contributed by atoms with Gasteiger partial charge >= 0.3 is 5.97 Å². The zero-order chi connectivity index (χ0) is 21.3. The zero-order valence-corrected chi connectivity index (χ0v) is 17.1. The Hall–Kier alpha value is -3.48. The number of hydrogen-bond donors (Lipinski definition) is 1. The van der Waals surface area contributed by atoms with Crippen LogP contribution in [0.5, 0.6) is 0 Å². The van der Waals surface area contributed by atoms with Crippen molar-refractivity contribution >= 4 is 17.5 Å². The van der Waals surface area contributed by atoms with Gasteiger partial charge in [-0.25, -0.2) is 9.48 Å². The summed E-state index contributed by atoms with van der Waals surface area (Å²) in [6.07, 6.45) is 0.415. The number of rotatable bonds is 6. The molecule has 0 radical (unpaired) electrons. The van der Waals surface area contributed by atoms with Crippen LogP contribution in [0.2, 0.25) is 0 Å². The molecular weight excluding hydrogens is 370 g/mol. The largest absolute Gasteiger partial charge is 0.451 e. The third-order valence-electron chi connectivity index (χ3n) is 4.92. The van der Waals surface area contributed by atoms with Crippen molar-refractivity contribution in [3.8, 4) is 5.69 Å². The van der Waals surface area contributed by atoms with Crippen molar-refractivity contribution in [2.75, 3.05) is 0 Å². The Balaban J connectivity index is 1.80. The van der Waals surface area contributed by atoms with Crippen LogP contribution >= 0.6 is 0 Å². The van der Waals surface area contributed by atoms with E-state index in [2.05, 4.69) is 10.1 Å². The molecule has 1 unspecified atom stereocenters. The van der Waals surface area contributed by atoms with Crippen LogP contribution < -0.4 is 0 Å². The minimum Gasteiger partial charge on any atom is -0.451 e. The Labute approximate surface area is 168 Å². The summed E-state index contributed by atoms with van der Waals surface area (Å²) in [4.78, 5) is 40.2. The first-order valence-corrected chi connectivity index (χ1v) is 9.27. The Bertz CT molecular complexity index is 1090. The number of benzene rings is 1. The highest BCUT2D eigenvalue weighted by atomic mass is 16.5. The predicted octanol–water partition coefficient (Wildman–Crippen LogP) is 3.76. The number of nitrogens with zero attached hydrogens (tertiary/aromatic N) is 2. The number of aromatic amines is 1. The molecule has 3 rings (SSSR count). The molecule has 1 aromatic carbocycles. The van der Waals surface area contributed by atoms with Crippen molar-refractivity contribution in [2.45, 2.75) is 40.7 Å². The summed E-state index contributed by atoms with van der Waals surface area (Å²) in [5.74, 6) is -1.14. The van der Waals surface area contributed by atoms with Gasteiger partial charge in [0, 0.05) is 11.3 Å². The van der Waals surface area contributed by atoms with Crippen LogP contribution in [0.1, 0.15) is 62.0 Å². The number of aromatic nitrogens is 3. The first kappa shape index (κ1) is 20.3. The number of ether oxygens (including phenoxy) is 1. The van der Waals surface area contributed by atoms with E-state index in [9.17, 15) is 14.4 Å². The van der Waals surface area contributed by atoms with E-state index in [0.29, 0.717) is 22.5 Å². The number of H-pyrrole nitrogens is 1. The number of nitrogens with one attached hydrogen (secondary N) is 1. The van der Waals surface area contributed by atoms with E-state index in [4.69, 9.17) is 4.74 Å². The van der Waals surface area contributed by atoms with Crippen molar-refractivity contribution in [3.63, 3.8) is 0 Å². The summed E-state index contributed by atoms with van der Waals surface area (Å²) in [5, 5.41) is 4.25. The lowest BCUT2D eigenvalue weighted by molar-refractivity contribution is 0.0316.